The van der Waals surface area contributed by atoms with Crippen molar-refractivity contribution in [2.75, 3.05) is 19.0 Å². The summed E-state index contributed by atoms with van der Waals surface area (Å²) in [5, 5.41) is 8.25. The Morgan fingerprint density at radius 2 is 2.08 bits per heavy atom. The monoisotopic (exact) mass is 194 g/mol. The Hall–Kier alpha value is -0.880. The highest BCUT2D eigenvalue weighted by Crippen LogP contribution is 1.94. The van der Waals surface area contributed by atoms with Gasteiger partial charge in [0.1, 0.15) is 17.3 Å². The largest absolute Gasteiger partial charge is 0.460 e. The van der Waals surface area contributed by atoms with E-state index in [4.69, 9.17) is 5.11 Å². The summed E-state index contributed by atoms with van der Waals surface area (Å²) in [4.78, 5) is 10.7. The molecule has 1 N–H and O–H groups in total. The highest BCUT2D eigenvalue weighted by Gasteiger charge is 2.08. The van der Waals surface area contributed by atoms with Crippen molar-refractivity contribution in [3.05, 3.63) is 12.2 Å². The lowest BCUT2D eigenvalue weighted by atomic mass is 10.4. The van der Waals surface area contributed by atoms with Crippen LogP contribution in [0.1, 0.15) is 0 Å². The van der Waals surface area contributed by atoms with Crippen LogP contribution in [0.5, 0.6) is 0 Å². The number of hydrogen-bond acceptors (Lipinski definition) is 5. The van der Waals surface area contributed by atoms with E-state index in [1.807, 2.05) is 0 Å². The van der Waals surface area contributed by atoms with E-state index in [0.29, 0.717) is 0 Å². The van der Waals surface area contributed by atoms with Crippen LogP contribution in [-0.4, -0.2) is 38.5 Å². The molecule has 0 bridgehead atoms. The maximum atomic E-state index is 10.7. The van der Waals surface area contributed by atoms with Gasteiger partial charge in [-0.25, -0.2) is 13.2 Å². The van der Waals surface area contributed by atoms with E-state index in [2.05, 4.69) is 11.3 Å². The van der Waals surface area contributed by atoms with E-state index in [1.54, 1.807) is 0 Å². The molecule has 5 nitrogen and oxygen atoms in total. The average molecular weight is 194 g/mol. The second kappa shape index (κ2) is 5.73. The second-order valence-electron chi connectivity index (χ2n) is 1.95. The fourth-order valence-corrected chi connectivity index (χ4v) is 0.902. The molecular formula is C6H10O5S. The Balaban J connectivity index is 3.85. The van der Waals surface area contributed by atoms with E-state index in [9.17, 15) is 13.2 Å². The number of ether oxygens (including phenoxy) is 1. The number of rotatable bonds is 5. The molecule has 0 saturated carbocycles. The molecule has 0 unspecified atom stereocenters. The van der Waals surface area contributed by atoms with Gasteiger partial charge in [-0.1, -0.05) is 6.58 Å². The van der Waals surface area contributed by atoms with Crippen molar-refractivity contribution in [3.63, 3.8) is 0 Å². The van der Waals surface area contributed by atoms with Crippen molar-refractivity contribution in [1.82, 2.24) is 0 Å². The maximum Gasteiger partial charge on any atom is 0.334 e. The molecule has 0 amide bonds. The maximum absolute atomic E-state index is 10.7. The van der Waals surface area contributed by atoms with Crippen LogP contribution in [-0.2, 0) is 20.2 Å². The molecule has 0 radical (unpaired) electrons. The first-order valence-electron chi connectivity index (χ1n) is 3.15. The fourth-order valence-electron chi connectivity index (χ4n) is 0.461. The predicted octanol–water partition coefficient (Wildman–Crippen LogP) is -1.31. The van der Waals surface area contributed by atoms with Crippen LogP contribution in [0.3, 0.4) is 0 Å². The van der Waals surface area contributed by atoms with Gasteiger partial charge in [-0.2, -0.15) is 0 Å². The van der Waals surface area contributed by atoms with Crippen LogP contribution in [0, 0.1) is 0 Å². The summed E-state index contributed by atoms with van der Waals surface area (Å²) < 4.78 is 24.6. The number of aliphatic hydroxyl groups is 1. The molecule has 0 aromatic rings. The zero-order valence-corrected chi connectivity index (χ0v) is 7.25. The third-order valence-electron chi connectivity index (χ3n) is 0.933. The topological polar surface area (TPSA) is 80.7 Å². The Kier molecular flexibility index (Phi) is 5.31. The molecule has 0 atom stereocenters. The molecule has 6 heteroatoms. The third kappa shape index (κ3) is 4.86. The quantitative estimate of drug-likeness (QED) is 0.322. The minimum atomic E-state index is -2.65. The van der Waals surface area contributed by atoms with Gasteiger partial charge >= 0.3 is 5.97 Å². The van der Waals surface area contributed by atoms with Crippen molar-refractivity contribution in [1.29, 1.82) is 0 Å². The zero-order chi connectivity index (χ0) is 9.56. The Morgan fingerprint density at radius 3 is 2.50 bits per heavy atom. The summed E-state index contributed by atoms with van der Waals surface area (Å²) in [6, 6.07) is 0. The van der Waals surface area contributed by atoms with Crippen molar-refractivity contribution in [2.45, 2.75) is 0 Å². The van der Waals surface area contributed by atoms with Gasteiger partial charge in [0, 0.05) is 5.57 Å². The predicted molar refractivity (Wildman–Crippen MR) is 42.4 cm³/mol. The van der Waals surface area contributed by atoms with Crippen molar-refractivity contribution in [2.24, 2.45) is 0 Å². The van der Waals surface area contributed by atoms with Crippen molar-refractivity contribution in [3.8, 4) is 0 Å². The molecule has 0 fully saturated rings. The van der Waals surface area contributed by atoms with Gasteiger partial charge in [0.2, 0.25) is 0 Å². The summed E-state index contributed by atoms with van der Waals surface area (Å²) in [5.41, 5.74) is -0.125. The Labute approximate surface area is 71.6 Å². The lowest BCUT2D eigenvalue weighted by molar-refractivity contribution is -0.139. The molecular weight excluding hydrogens is 184 g/mol. The molecule has 12 heavy (non-hydrogen) atoms. The normalized spacial score (nSPS) is 9.83. The highest BCUT2D eigenvalue weighted by molar-refractivity contribution is 7.72. The first-order valence-corrected chi connectivity index (χ1v) is 4.51. The first-order chi connectivity index (χ1) is 5.57. The van der Waals surface area contributed by atoms with E-state index >= 15 is 0 Å². The Bertz CT molecular complexity index is 234. The summed E-state index contributed by atoms with van der Waals surface area (Å²) in [7, 11) is -2.65. The molecule has 0 heterocycles. The van der Waals surface area contributed by atoms with E-state index < -0.39 is 22.4 Å². The molecule has 0 aromatic heterocycles. The van der Waals surface area contributed by atoms with Crippen LogP contribution in [0.15, 0.2) is 12.2 Å². The van der Waals surface area contributed by atoms with Gasteiger partial charge in [0.25, 0.3) is 0 Å². The summed E-state index contributed by atoms with van der Waals surface area (Å²) >= 11 is 0. The van der Waals surface area contributed by atoms with Crippen LogP contribution in [0.2, 0.25) is 0 Å². The van der Waals surface area contributed by atoms with Crippen LogP contribution in [0.4, 0.5) is 0 Å². The van der Waals surface area contributed by atoms with Gasteiger partial charge in [0.05, 0.1) is 12.4 Å². The SMILES string of the molecule is C=C(C[SH](=O)=O)C(=O)OCCO. The molecule has 0 spiro atoms. The van der Waals surface area contributed by atoms with E-state index in [1.165, 1.54) is 0 Å². The highest BCUT2D eigenvalue weighted by atomic mass is 32.2. The summed E-state index contributed by atoms with van der Waals surface area (Å²) in [6.07, 6.45) is 0. The van der Waals surface area contributed by atoms with Crippen molar-refractivity contribution >= 4 is 16.7 Å². The average Bonchev–Trinajstić information content (AvgIpc) is 1.98. The van der Waals surface area contributed by atoms with Crippen LogP contribution >= 0.6 is 0 Å². The zero-order valence-electron chi connectivity index (χ0n) is 6.36. The minimum Gasteiger partial charge on any atom is -0.460 e. The lowest BCUT2D eigenvalue weighted by Crippen LogP contribution is -2.13. The van der Waals surface area contributed by atoms with Gasteiger partial charge in [-0.15, -0.1) is 0 Å². The number of carbonyl (C=O) groups is 1. The lowest BCUT2D eigenvalue weighted by Gasteiger charge is -2.01. The molecule has 70 valence electrons. The van der Waals surface area contributed by atoms with Gasteiger partial charge in [0.15, 0.2) is 0 Å². The molecule has 0 aromatic carbocycles. The van der Waals surface area contributed by atoms with Crippen LogP contribution < -0.4 is 0 Å². The molecule has 0 rings (SSSR count). The van der Waals surface area contributed by atoms with Crippen LogP contribution in [0.25, 0.3) is 0 Å². The van der Waals surface area contributed by atoms with E-state index in [-0.39, 0.29) is 18.8 Å². The number of thiol groups is 1. The van der Waals surface area contributed by atoms with Crippen molar-refractivity contribution < 1.29 is 23.1 Å². The smallest absolute Gasteiger partial charge is 0.334 e. The van der Waals surface area contributed by atoms with Gasteiger partial charge < -0.3 is 9.84 Å². The first kappa shape index (κ1) is 11.1. The van der Waals surface area contributed by atoms with Gasteiger partial charge in [-0.05, 0) is 0 Å². The van der Waals surface area contributed by atoms with Gasteiger partial charge in [-0.3, -0.25) is 0 Å². The number of esters is 1. The molecule has 0 aliphatic heterocycles. The molecule has 0 saturated heterocycles. The van der Waals surface area contributed by atoms with E-state index in [0.717, 1.165) is 0 Å². The second-order valence-corrected chi connectivity index (χ2v) is 2.94. The Morgan fingerprint density at radius 1 is 1.50 bits per heavy atom. The third-order valence-corrected chi connectivity index (χ3v) is 1.57. The molecule has 0 aliphatic rings. The fraction of sp³-hybridized carbons (Fsp3) is 0.500. The number of carbonyl (C=O) groups excluding carboxylic acids is 1. The summed E-state index contributed by atoms with van der Waals surface area (Å²) in [6.45, 7) is 2.77. The number of aliphatic hydroxyl groups excluding tert-OH is 1. The minimum absolute atomic E-state index is 0.125. The standard InChI is InChI=1S/C6H10O5S/c1-5(4-12(9)10)6(8)11-3-2-7/h7,12H,1-4H2. The molecule has 0 aliphatic carbocycles. The number of hydrogen-bond donors (Lipinski definition) is 2. The summed E-state index contributed by atoms with van der Waals surface area (Å²) in [5.74, 6) is -1.19.